The highest BCUT2D eigenvalue weighted by Crippen LogP contribution is 2.08. The minimum absolute atomic E-state index is 0.0331. The molecule has 6 heteroatoms. The minimum atomic E-state index is -3.47. The second-order valence-corrected chi connectivity index (χ2v) is 5.43. The molecule has 82 valence electrons. The molecule has 0 atom stereocenters. The normalized spacial score (nSPS) is 11.1. The quantitative estimate of drug-likeness (QED) is 0.908. The molecule has 0 amide bonds. The molecule has 0 radical (unpaired) electrons. The lowest BCUT2D eigenvalue weighted by Crippen LogP contribution is -2.23. The van der Waals surface area contributed by atoms with Crippen molar-refractivity contribution in [2.75, 3.05) is 6.54 Å². The lowest BCUT2D eigenvalue weighted by atomic mass is 10.4. The van der Waals surface area contributed by atoms with Gasteiger partial charge in [0.05, 0.1) is 4.90 Å². The van der Waals surface area contributed by atoms with Crippen molar-refractivity contribution in [2.45, 2.75) is 4.90 Å². The van der Waals surface area contributed by atoms with Crippen LogP contribution in [0.4, 0.5) is 0 Å². The summed E-state index contributed by atoms with van der Waals surface area (Å²) < 4.78 is 25.5. The Morgan fingerprint density at radius 1 is 1.27 bits per heavy atom. The first kappa shape index (κ1) is 12.5. The molecule has 0 aliphatic carbocycles. The Morgan fingerprint density at radius 2 is 1.87 bits per heavy atom. The Morgan fingerprint density at radius 3 is 2.40 bits per heavy atom. The van der Waals surface area contributed by atoms with Gasteiger partial charge < -0.3 is 0 Å². The zero-order valence-electron chi connectivity index (χ0n) is 7.65. The van der Waals surface area contributed by atoms with E-state index in [0.717, 1.165) is 0 Å². The summed E-state index contributed by atoms with van der Waals surface area (Å²) in [6.45, 7) is 0.0690. The van der Waals surface area contributed by atoms with Gasteiger partial charge in [0.2, 0.25) is 10.0 Å². The van der Waals surface area contributed by atoms with E-state index < -0.39 is 10.0 Å². The smallest absolute Gasteiger partial charge is 0.207 e. The Labute approximate surface area is 98.8 Å². The molecule has 0 aromatic heterocycles. The number of rotatable bonds is 4. The molecule has 3 nitrogen and oxygen atoms in total. The first-order valence-electron chi connectivity index (χ1n) is 4.08. The van der Waals surface area contributed by atoms with Gasteiger partial charge >= 0.3 is 0 Å². The molecular weight excluding hydrogens is 257 g/mol. The highest BCUT2D eigenvalue weighted by atomic mass is 35.5. The fraction of sp³-hybridized carbons (Fsp3) is 0.111. The predicted molar refractivity (Wildman–Crippen MR) is 61.4 cm³/mol. The van der Waals surface area contributed by atoms with Crippen LogP contribution < -0.4 is 4.72 Å². The van der Waals surface area contributed by atoms with E-state index in [1.165, 1.54) is 18.2 Å². The van der Waals surface area contributed by atoms with Crippen molar-refractivity contribution >= 4 is 33.2 Å². The zero-order valence-corrected chi connectivity index (χ0v) is 9.98. The highest BCUT2D eigenvalue weighted by molar-refractivity contribution is 7.89. The molecule has 0 aliphatic heterocycles. The fourth-order valence-electron chi connectivity index (χ4n) is 0.912. The van der Waals surface area contributed by atoms with E-state index in [1.807, 2.05) is 0 Å². The topological polar surface area (TPSA) is 46.2 Å². The van der Waals surface area contributed by atoms with Gasteiger partial charge in [-0.1, -0.05) is 41.4 Å². The first-order chi connectivity index (χ1) is 7.02. The third-order valence-electron chi connectivity index (χ3n) is 1.58. The molecular formula is C9H9Cl2NO2S. The molecule has 0 saturated carbocycles. The standard InChI is InChI=1S/C9H9Cl2NO2S/c10-9(11)6-7-12-15(13,14)8-4-2-1-3-5-8/h1-6,12H,7H2. The predicted octanol–water partition coefficient (Wildman–Crippen LogP) is 2.28. The van der Waals surface area contributed by atoms with Crippen molar-refractivity contribution in [3.8, 4) is 0 Å². The first-order valence-corrected chi connectivity index (χ1v) is 6.32. The van der Waals surface area contributed by atoms with Gasteiger partial charge in [0.15, 0.2) is 0 Å². The van der Waals surface area contributed by atoms with E-state index in [-0.39, 0.29) is 15.9 Å². The Balaban J connectivity index is 2.73. The molecule has 0 aliphatic rings. The monoisotopic (exact) mass is 265 g/mol. The average Bonchev–Trinajstić information content (AvgIpc) is 2.18. The van der Waals surface area contributed by atoms with Gasteiger partial charge in [-0.2, -0.15) is 0 Å². The van der Waals surface area contributed by atoms with Gasteiger partial charge in [0, 0.05) is 6.54 Å². The van der Waals surface area contributed by atoms with Crippen molar-refractivity contribution < 1.29 is 8.42 Å². The Bertz CT molecular complexity index is 438. The van der Waals surface area contributed by atoms with E-state index in [2.05, 4.69) is 4.72 Å². The lowest BCUT2D eigenvalue weighted by molar-refractivity contribution is 0.585. The van der Waals surface area contributed by atoms with Crippen LogP contribution in [0.3, 0.4) is 0 Å². The molecule has 0 fully saturated rings. The summed E-state index contributed by atoms with van der Waals surface area (Å²) in [4.78, 5) is 0.212. The second-order valence-electron chi connectivity index (χ2n) is 2.66. The van der Waals surface area contributed by atoms with Crippen molar-refractivity contribution in [3.05, 3.63) is 40.9 Å². The molecule has 0 unspecified atom stereocenters. The van der Waals surface area contributed by atoms with Crippen molar-refractivity contribution in [3.63, 3.8) is 0 Å². The van der Waals surface area contributed by atoms with E-state index in [4.69, 9.17) is 23.2 Å². The van der Waals surface area contributed by atoms with E-state index in [0.29, 0.717) is 0 Å². The largest absolute Gasteiger partial charge is 0.240 e. The van der Waals surface area contributed by atoms with Crippen molar-refractivity contribution in [2.24, 2.45) is 0 Å². The number of hydrogen-bond acceptors (Lipinski definition) is 2. The molecule has 1 rings (SSSR count). The maximum absolute atomic E-state index is 11.6. The summed E-state index contributed by atoms with van der Waals surface area (Å²) in [5, 5.41) is 0. The number of nitrogens with one attached hydrogen (secondary N) is 1. The fourth-order valence-corrected chi connectivity index (χ4v) is 2.05. The molecule has 0 spiro atoms. The Kier molecular flexibility index (Phi) is 4.60. The second kappa shape index (κ2) is 5.51. The van der Waals surface area contributed by atoms with E-state index in [9.17, 15) is 8.42 Å². The van der Waals surface area contributed by atoms with Crippen LogP contribution >= 0.6 is 23.2 Å². The number of sulfonamides is 1. The van der Waals surface area contributed by atoms with Gasteiger partial charge in [-0.15, -0.1) is 0 Å². The summed E-state index contributed by atoms with van der Waals surface area (Å²) >= 11 is 10.7. The van der Waals surface area contributed by atoms with Crippen molar-refractivity contribution in [1.29, 1.82) is 0 Å². The lowest BCUT2D eigenvalue weighted by Gasteiger charge is -2.03. The Hall–Kier alpha value is -0.550. The molecule has 1 N–H and O–H groups in total. The average molecular weight is 266 g/mol. The van der Waals surface area contributed by atoms with Crippen LogP contribution in [0.15, 0.2) is 45.8 Å². The molecule has 1 aromatic carbocycles. The van der Waals surface area contributed by atoms with E-state index >= 15 is 0 Å². The molecule has 0 saturated heterocycles. The number of halogens is 2. The van der Waals surface area contributed by atoms with Crippen LogP contribution in [-0.2, 0) is 10.0 Å². The third-order valence-corrected chi connectivity index (χ3v) is 3.33. The molecule has 0 bridgehead atoms. The molecule has 0 heterocycles. The van der Waals surface area contributed by atoms with Crippen LogP contribution in [0, 0.1) is 0 Å². The highest BCUT2D eigenvalue weighted by Gasteiger charge is 2.11. The summed E-state index contributed by atoms with van der Waals surface area (Å²) in [6.07, 6.45) is 1.36. The summed E-state index contributed by atoms with van der Waals surface area (Å²) in [7, 11) is -3.47. The van der Waals surface area contributed by atoms with Gasteiger partial charge in [-0.3, -0.25) is 0 Å². The number of benzene rings is 1. The summed E-state index contributed by atoms with van der Waals surface area (Å²) in [6, 6.07) is 8.06. The maximum atomic E-state index is 11.6. The molecule has 15 heavy (non-hydrogen) atoms. The van der Waals surface area contributed by atoms with Gasteiger partial charge in [0.1, 0.15) is 4.49 Å². The maximum Gasteiger partial charge on any atom is 0.240 e. The van der Waals surface area contributed by atoms with Crippen LogP contribution in [-0.4, -0.2) is 15.0 Å². The van der Waals surface area contributed by atoms with Gasteiger partial charge in [0.25, 0.3) is 0 Å². The van der Waals surface area contributed by atoms with Gasteiger partial charge in [-0.25, -0.2) is 13.1 Å². The van der Waals surface area contributed by atoms with E-state index in [1.54, 1.807) is 18.2 Å². The summed E-state index contributed by atoms with van der Waals surface area (Å²) in [5.41, 5.74) is 0. The van der Waals surface area contributed by atoms with Crippen LogP contribution in [0.2, 0.25) is 0 Å². The third kappa shape index (κ3) is 4.22. The van der Waals surface area contributed by atoms with Gasteiger partial charge in [-0.05, 0) is 18.2 Å². The SMILES string of the molecule is O=S(=O)(NCC=C(Cl)Cl)c1ccccc1. The molecule has 1 aromatic rings. The summed E-state index contributed by atoms with van der Waals surface area (Å²) in [5.74, 6) is 0. The van der Waals surface area contributed by atoms with Crippen LogP contribution in [0.25, 0.3) is 0 Å². The zero-order chi connectivity index (χ0) is 11.3. The minimum Gasteiger partial charge on any atom is -0.207 e. The van der Waals surface area contributed by atoms with Crippen LogP contribution in [0.5, 0.6) is 0 Å². The number of hydrogen-bond donors (Lipinski definition) is 1. The van der Waals surface area contributed by atoms with Crippen LogP contribution in [0.1, 0.15) is 0 Å². The van der Waals surface area contributed by atoms with Crippen molar-refractivity contribution in [1.82, 2.24) is 4.72 Å².